The number of ether oxygens (including phenoxy) is 2. The molecule has 1 aliphatic rings. The molecule has 2 amide bonds. The van der Waals surface area contributed by atoms with E-state index in [1.54, 1.807) is 37.3 Å². The lowest BCUT2D eigenvalue weighted by atomic mass is 10.1. The van der Waals surface area contributed by atoms with Gasteiger partial charge in [0.05, 0.1) is 31.5 Å². The van der Waals surface area contributed by atoms with Gasteiger partial charge in [-0.25, -0.2) is 0 Å². The molecule has 1 N–H and O–H groups in total. The molecule has 0 bridgehead atoms. The first-order valence-electron chi connectivity index (χ1n) is 9.39. The van der Waals surface area contributed by atoms with Gasteiger partial charge in [0.2, 0.25) is 11.8 Å². The Morgan fingerprint density at radius 1 is 1.14 bits per heavy atom. The number of benzene rings is 2. The number of hydrogen-bond donors (Lipinski definition) is 1. The largest absolute Gasteiger partial charge is 0.497 e. The highest BCUT2D eigenvalue weighted by Crippen LogP contribution is 2.36. The van der Waals surface area contributed by atoms with E-state index in [4.69, 9.17) is 9.47 Å². The minimum absolute atomic E-state index is 0.105. The average molecular weight is 393 g/mol. The molecule has 1 atom stereocenters. The van der Waals surface area contributed by atoms with E-state index in [2.05, 4.69) is 5.32 Å². The minimum Gasteiger partial charge on any atom is -0.497 e. The Hall–Kier alpha value is -3.48. The van der Waals surface area contributed by atoms with Crippen molar-refractivity contribution in [1.82, 2.24) is 4.57 Å². The predicted molar refractivity (Wildman–Crippen MR) is 112 cm³/mol. The molecule has 1 aromatic heterocycles. The van der Waals surface area contributed by atoms with Crippen molar-refractivity contribution in [3.63, 3.8) is 0 Å². The fourth-order valence-corrected chi connectivity index (χ4v) is 3.77. The average Bonchev–Trinajstić information content (AvgIpc) is 3.31. The summed E-state index contributed by atoms with van der Waals surface area (Å²) < 4.78 is 12.6. The molecule has 1 saturated heterocycles. The van der Waals surface area contributed by atoms with Gasteiger partial charge in [0.1, 0.15) is 11.5 Å². The van der Waals surface area contributed by atoms with E-state index in [1.165, 1.54) is 0 Å². The number of hydrogen-bond acceptors (Lipinski definition) is 4. The van der Waals surface area contributed by atoms with Gasteiger partial charge in [-0.15, -0.1) is 0 Å². The number of aromatic nitrogens is 1. The van der Waals surface area contributed by atoms with Crippen LogP contribution in [0, 0.1) is 5.92 Å². The van der Waals surface area contributed by atoms with Gasteiger partial charge in [0.25, 0.3) is 0 Å². The van der Waals surface area contributed by atoms with Gasteiger partial charge in [-0.3, -0.25) is 9.59 Å². The topological polar surface area (TPSA) is 72.8 Å². The zero-order chi connectivity index (χ0) is 20.5. The quantitative estimate of drug-likeness (QED) is 0.723. The number of rotatable bonds is 5. The van der Waals surface area contributed by atoms with Gasteiger partial charge in [-0.2, -0.15) is 0 Å². The molecule has 0 spiro atoms. The molecule has 0 unspecified atom stereocenters. The molecular formula is C22H23N3O4. The molecule has 2 aromatic carbocycles. The fourth-order valence-electron chi connectivity index (χ4n) is 3.77. The molecule has 2 heterocycles. The number of aryl methyl sites for hydroxylation is 1. The molecule has 0 saturated carbocycles. The van der Waals surface area contributed by atoms with Crippen molar-refractivity contribution in [2.24, 2.45) is 13.0 Å². The second kappa shape index (κ2) is 7.50. The van der Waals surface area contributed by atoms with E-state index in [1.807, 2.05) is 42.1 Å². The third kappa shape index (κ3) is 3.40. The van der Waals surface area contributed by atoms with Crippen LogP contribution < -0.4 is 19.7 Å². The molecule has 3 aromatic rings. The van der Waals surface area contributed by atoms with Crippen molar-refractivity contribution in [1.29, 1.82) is 0 Å². The standard InChI is InChI=1S/C22H23N3O4/c1-24-10-9-16-17(5-4-6-18(16)24)23-22(27)14-11-21(26)25(13-14)19-8-7-15(28-2)12-20(19)29-3/h4-10,12,14H,11,13H2,1-3H3,(H,23,27)/t14-/m1/s1. The number of amides is 2. The lowest BCUT2D eigenvalue weighted by molar-refractivity contribution is -0.122. The van der Waals surface area contributed by atoms with Gasteiger partial charge < -0.3 is 24.3 Å². The normalized spacial score (nSPS) is 16.3. The second-order valence-corrected chi connectivity index (χ2v) is 7.10. The molecule has 4 rings (SSSR count). The van der Waals surface area contributed by atoms with Crippen LogP contribution in [0.4, 0.5) is 11.4 Å². The number of carbonyl (C=O) groups is 2. The van der Waals surface area contributed by atoms with Crippen LogP contribution in [0.5, 0.6) is 11.5 Å². The van der Waals surface area contributed by atoms with E-state index in [9.17, 15) is 9.59 Å². The van der Waals surface area contributed by atoms with E-state index in [0.29, 0.717) is 23.7 Å². The van der Waals surface area contributed by atoms with E-state index >= 15 is 0 Å². The van der Waals surface area contributed by atoms with Crippen molar-refractivity contribution in [2.75, 3.05) is 31.0 Å². The van der Waals surface area contributed by atoms with Crippen LogP contribution in [0.3, 0.4) is 0 Å². The summed E-state index contributed by atoms with van der Waals surface area (Å²) in [6.07, 6.45) is 2.11. The Bertz CT molecular complexity index is 1090. The lowest BCUT2D eigenvalue weighted by Crippen LogP contribution is -2.28. The summed E-state index contributed by atoms with van der Waals surface area (Å²) in [4.78, 5) is 27.1. The molecule has 0 aliphatic carbocycles. The molecular weight excluding hydrogens is 370 g/mol. The number of fused-ring (bicyclic) bond motifs is 1. The van der Waals surface area contributed by atoms with E-state index in [-0.39, 0.29) is 18.2 Å². The van der Waals surface area contributed by atoms with Crippen LogP contribution in [-0.4, -0.2) is 37.1 Å². The summed E-state index contributed by atoms with van der Waals surface area (Å²) in [6.45, 7) is 0.304. The number of carbonyl (C=O) groups excluding carboxylic acids is 2. The Balaban J connectivity index is 1.54. The number of anilines is 2. The zero-order valence-electron chi connectivity index (χ0n) is 16.6. The Kier molecular flexibility index (Phi) is 4.88. The number of methoxy groups -OCH3 is 2. The fraction of sp³-hybridized carbons (Fsp3) is 0.273. The first-order chi connectivity index (χ1) is 14.0. The smallest absolute Gasteiger partial charge is 0.229 e. The van der Waals surface area contributed by atoms with Crippen LogP contribution in [0.15, 0.2) is 48.7 Å². The molecule has 7 heteroatoms. The van der Waals surface area contributed by atoms with Crippen molar-refractivity contribution in [3.8, 4) is 11.5 Å². The van der Waals surface area contributed by atoms with Crippen LogP contribution in [-0.2, 0) is 16.6 Å². The van der Waals surface area contributed by atoms with Crippen molar-refractivity contribution < 1.29 is 19.1 Å². The summed E-state index contributed by atoms with van der Waals surface area (Å²) in [6, 6.07) is 13.0. The minimum atomic E-state index is -0.437. The van der Waals surface area contributed by atoms with Crippen molar-refractivity contribution in [3.05, 3.63) is 48.7 Å². The molecule has 1 fully saturated rings. The lowest BCUT2D eigenvalue weighted by Gasteiger charge is -2.20. The maximum absolute atomic E-state index is 12.9. The van der Waals surface area contributed by atoms with Gasteiger partial charge in [-0.05, 0) is 30.3 Å². The maximum Gasteiger partial charge on any atom is 0.229 e. The summed E-state index contributed by atoms with van der Waals surface area (Å²) in [5, 5.41) is 3.97. The third-order valence-electron chi connectivity index (χ3n) is 5.36. The van der Waals surface area contributed by atoms with Gasteiger partial charge >= 0.3 is 0 Å². The maximum atomic E-state index is 12.9. The van der Waals surface area contributed by atoms with Crippen LogP contribution in [0.25, 0.3) is 10.9 Å². The Labute approximate surface area is 168 Å². The summed E-state index contributed by atoms with van der Waals surface area (Å²) >= 11 is 0. The van der Waals surface area contributed by atoms with Crippen molar-refractivity contribution >= 4 is 34.1 Å². The molecule has 1 aliphatic heterocycles. The highest BCUT2D eigenvalue weighted by Gasteiger charge is 2.36. The molecule has 0 radical (unpaired) electrons. The number of nitrogens with one attached hydrogen (secondary N) is 1. The van der Waals surface area contributed by atoms with Crippen molar-refractivity contribution in [2.45, 2.75) is 6.42 Å². The first kappa shape index (κ1) is 18.9. The van der Waals surface area contributed by atoms with Gasteiger partial charge in [0, 0.05) is 43.2 Å². The monoisotopic (exact) mass is 393 g/mol. The van der Waals surface area contributed by atoms with Gasteiger partial charge in [-0.1, -0.05) is 6.07 Å². The molecule has 29 heavy (non-hydrogen) atoms. The zero-order valence-corrected chi connectivity index (χ0v) is 16.6. The summed E-state index contributed by atoms with van der Waals surface area (Å²) in [5.41, 5.74) is 2.43. The summed E-state index contributed by atoms with van der Waals surface area (Å²) in [7, 11) is 5.08. The predicted octanol–water partition coefficient (Wildman–Crippen LogP) is 3.19. The molecule has 150 valence electrons. The van der Waals surface area contributed by atoms with E-state index < -0.39 is 5.92 Å². The first-order valence-corrected chi connectivity index (χ1v) is 9.39. The third-order valence-corrected chi connectivity index (χ3v) is 5.36. The Morgan fingerprint density at radius 3 is 2.72 bits per heavy atom. The van der Waals surface area contributed by atoms with Crippen LogP contribution >= 0.6 is 0 Å². The SMILES string of the molecule is COc1ccc(N2C[C@H](C(=O)Nc3cccc4c3ccn4C)CC2=O)c(OC)c1. The highest BCUT2D eigenvalue weighted by molar-refractivity contribution is 6.07. The second-order valence-electron chi connectivity index (χ2n) is 7.10. The molecule has 7 nitrogen and oxygen atoms in total. The van der Waals surface area contributed by atoms with Crippen LogP contribution in [0.1, 0.15) is 6.42 Å². The van der Waals surface area contributed by atoms with E-state index in [0.717, 1.165) is 16.6 Å². The number of nitrogens with zero attached hydrogens (tertiary/aromatic N) is 2. The van der Waals surface area contributed by atoms with Gasteiger partial charge in [0.15, 0.2) is 0 Å². The van der Waals surface area contributed by atoms with Crippen LogP contribution in [0.2, 0.25) is 0 Å². The Morgan fingerprint density at radius 2 is 1.97 bits per heavy atom. The summed E-state index contributed by atoms with van der Waals surface area (Å²) in [5.74, 6) is 0.472. The highest BCUT2D eigenvalue weighted by atomic mass is 16.5.